The van der Waals surface area contributed by atoms with Gasteiger partial charge in [0, 0.05) is 48.6 Å². The molecule has 1 aromatic carbocycles. The van der Waals surface area contributed by atoms with E-state index in [-0.39, 0.29) is 27.7 Å². The standard InChI is InChI=1S/C31H32ClFN4O4/c1-17-19(29(39)40)9-10-34-27(17)36-11-12-37(31(5,6)16-36)28(38)25-15-24-26(41-25)20(30(2,3)4)14-23(35-24)18-7-8-21(32)22(33)13-18/h7-10,13-15H,11-12,16H2,1-6H3,(H,39,40). The molecule has 0 aliphatic carbocycles. The van der Waals surface area contributed by atoms with E-state index in [9.17, 15) is 19.1 Å². The number of halogens is 2. The first-order chi connectivity index (χ1) is 19.2. The van der Waals surface area contributed by atoms with E-state index in [1.807, 2.05) is 45.6 Å². The number of benzene rings is 1. The van der Waals surface area contributed by atoms with E-state index in [1.165, 1.54) is 24.4 Å². The third-order valence-corrected chi connectivity index (χ3v) is 7.87. The monoisotopic (exact) mass is 578 g/mol. The first-order valence-electron chi connectivity index (χ1n) is 13.3. The van der Waals surface area contributed by atoms with Gasteiger partial charge in [0.1, 0.15) is 17.2 Å². The van der Waals surface area contributed by atoms with Gasteiger partial charge in [-0.3, -0.25) is 4.79 Å². The first-order valence-corrected chi connectivity index (χ1v) is 13.7. The zero-order valence-corrected chi connectivity index (χ0v) is 24.6. The highest BCUT2D eigenvalue weighted by molar-refractivity contribution is 6.30. The van der Waals surface area contributed by atoms with Crippen molar-refractivity contribution in [3.8, 4) is 11.3 Å². The van der Waals surface area contributed by atoms with Gasteiger partial charge >= 0.3 is 5.97 Å². The van der Waals surface area contributed by atoms with Crippen LogP contribution in [0.3, 0.4) is 0 Å². The molecule has 4 heterocycles. The van der Waals surface area contributed by atoms with Crippen LogP contribution in [0.5, 0.6) is 0 Å². The molecule has 1 fully saturated rings. The maximum Gasteiger partial charge on any atom is 0.336 e. The number of carboxylic acid groups (broad SMARTS) is 1. The minimum absolute atomic E-state index is 0.0327. The molecule has 41 heavy (non-hydrogen) atoms. The van der Waals surface area contributed by atoms with Crippen LogP contribution in [0.1, 0.15) is 66.7 Å². The Bertz CT molecular complexity index is 1690. The second-order valence-corrected chi connectivity index (χ2v) is 12.5. The summed E-state index contributed by atoms with van der Waals surface area (Å²) in [6.45, 7) is 13.1. The lowest BCUT2D eigenvalue weighted by molar-refractivity contribution is 0.0483. The quantitative estimate of drug-likeness (QED) is 0.287. The number of fused-ring (bicyclic) bond motifs is 1. The van der Waals surface area contributed by atoms with Crippen LogP contribution >= 0.6 is 11.6 Å². The summed E-state index contributed by atoms with van der Waals surface area (Å²) in [7, 11) is 0. The van der Waals surface area contributed by atoms with Crippen molar-refractivity contribution in [1.82, 2.24) is 14.9 Å². The van der Waals surface area contributed by atoms with E-state index in [0.717, 1.165) is 5.56 Å². The van der Waals surface area contributed by atoms with Crippen molar-refractivity contribution in [2.75, 3.05) is 24.5 Å². The SMILES string of the molecule is Cc1c(C(=O)O)ccnc1N1CCN(C(=O)c2cc3nc(-c4ccc(Cl)c(F)c4)cc(C(C)(C)C)c3o2)C(C)(C)C1. The summed E-state index contributed by atoms with van der Waals surface area (Å²) in [5.74, 6) is -1.04. The Morgan fingerprint density at radius 1 is 1.12 bits per heavy atom. The number of carbonyl (C=O) groups excluding carboxylic acids is 1. The molecule has 0 atom stereocenters. The summed E-state index contributed by atoms with van der Waals surface area (Å²) in [6.07, 6.45) is 1.50. The topological polar surface area (TPSA) is 99.8 Å². The molecule has 1 aliphatic rings. The number of anilines is 1. The normalized spacial score (nSPS) is 15.4. The van der Waals surface area contributed by atoms with Crippen LogP contribution in [0.25, 0.3) is 22.4 Å². The van der Waals surface area contributed by atoms with Gasteiger partial charge in [0.25, 0.3) is 5.91 Å². The van der Waals surface area contributed by atoms with E-state index >= 15 is 0 Å². The zero-order chi connectivity index (χ0) is 29.9. The third kappa shape index (κ3) is 5.26. The lowest BCUT2D eigenvalue weighted by atomic mass is 9.86. The van der Waals surface area contributed by atoms with Crippen LogP contribution in [0, 0.1) is 12.7 Å². The fourth-order valence-electron chi connectivity index (χ4n) is 5.41. The zero-order valence-electron chi connectivity index (χ0n) is 23.9. The second-order valence-electron chi connectivity index (χ2n) is 12.1. The molecular formula is C31H32ClFN4O4. The van der Waals surface area contributed by atoms with Crippen LogP contribution < -0.4 is 4.90 Å². The minimum Gasteiger partial charge on any atom is -0.478 e. The summed E-state index contributed by atoms with van der Waals surface area (Å²) < 4.78 is 20.5. The molecule has 214 valence electrons. The number of nitrogens with zero attached hydrogens (tertiary/aromatic N) is 4. The van der Waals surface area contributed by atoms with Crippen molar-refractivity contribution >= 4 is 40.4 Å². The molecule has 0 saturated carbocycles. The van der Waals surface area contributed by atoms with Crippen LogP contribution in [0.4, 0.5) is 10.2 Å². The van der Waals surface area contributed by atoms with E-state index in [0.29, 0.717) is 53.4 Å². The molecule has 8 nitrogen and oxygen atoms in total. The lowest BCUT2D eigenvalue weighted by Crippen LogP contribution is -2.61. The summed E-state index contributed by atoms with van der Waals surface area (Å²) >= 11 is 5.89. The molecule has 1 aliphatic heterocycles. The fraction of sp³-hybridized carbons (Fsp3) is 0.355. The highest BCUT2D eigenvalue weighted by atomic mass is 35.5. The molecule has 0 bridgehead atoms. The van der Waals surface area contributed by atoms with Crippen molar-refractivity contribution < 1.29 is 23.5 Å². The highest BCUT2D eigenvalue weighted by Gasteiger charge is 2.39. The molecule has 0 radical (unpaired) electrons. The molecule has 1 saturated heterocycles. The van der Waals surface area contributed by atoms with Crippen molar-refractivity contribution in [3.05, 3.63) is 75.9 Å². The molecular weight excluding hydrogens is 547 g/mol. The summed E-state index contributed by atoms with van der Waals surface area (Å²) in [5.41, 5.74) is 2.82. The van der Waals surface area contributed by atoms with Crippen LogP contribution in [-0.4, -0.2) is 57.0 Å². The summed E-state index contributed by atoms with van der Waals surface area (Å²) in [6, 6.07) is 9.56. The molecule has 0 unspecified atom stereocenters. The average molecular weight is 579 g/mol. The first kappa shape index (κ1) is 28.5. The maximum absolute atomic E-state index is 14.3. The lowest BCUT2D eigenvalue weighted by Gasteiger charge is -2.47. The van der Waals surface area contributed by atoms with E-state index in [2.05, 4.69) is 4.98 Å². The number of carboxylic acids is 1. The molecule has 1 N–H and O–H groups in total. The largest absolute Gasteiger partial charge is 0.478 e. The van der Waals surface area contributed by atoms with Gasteiger partial charge in [-0.05, 0) is 50.5 Å². The number of piperazine rings is 1. The second kappa shape index (κ2) is 10.1. The third-order valence-electron chi connectivity index (χ3n) is 7.57. The number of rotatable bonds is 4. The molecule has 0 spiro atoms. The Balaban J connectivity index is 1.49. The van der Waals surface area contributed by atoms with Gasteiger partial charge in [-0.15, -0.1) is 0 Å². The predicted octanol–water partition coefficient (Wildman–Crippen LogP) is 6.73. The maximum atomic E-state index is 14.3. The van der Waals surface area contributed by atoms with Crippen LogP contribution in [0.15, 0.2) is 47.0 Å². The van der Waals surface area contributed by atoms with Gasteiger partial charge < -0.3 is 19.3 Å². The molecule has 4 aromatic rings. The van der Waals surface area contributed by atoms with Gasteiger partial charge in [-0.25, -0.2) is 19.2 Å². The van der Waals surface area contributed by atoms with Crippen molar-refractivity contribution in [2.45, 2.75) is 52.5 Å². The fourth-order valence-corrected chi connectivity index (χ4v) is 5.53. The molecule has 10 heteroatoms. The number of amides is 1. The Kier molecular flexibility index (Phi) is 7.06. The van der Waals surface area contributed by atoms with Crippen LogP contribution in [0.2, 0.25) is 5.02 Å². The Labute approximate surface area is 242 Å². The van der Waals surface area contributed by atoms with Gasteiger partial charge in [-0.1, -0.05) is 38.4 Å². The Hall–Kier alpha value is -3.98. The summed E-state index contributed by atoms with van der Waals surface area (Å²) in [4.78, 5) is 38.4. The number of pyridine rings is 2. The smallest absolute Gasteiger partial charge is 0.336 e. The van der Waals surface area contributed by atoms with Gasteiger partial charge in [0.2, 0.25) is 0 Å². The number of carbonyl (C=O) groups is 2. The van der Waals surface area contributed by atoms with Crippen molar-refractivity contribution in [1.29, 1.82) is 0 Å². The molecule has 5 rings (SSSR count). The molecule has 1 amide bonds. The molecule has 3 aromatic heterocycles. The van der Waals surface area contributed by atoms with Crippen molar-refractivity contribution in [2.24, 2.45) is 0 Å². The Morgan fingerprint density at radius 3 is 2.49 bits per heavy atom. The van der Waals surface area contributed by atoms with E-state index < -0.39 is 17.3 Å². The average Bonchev–Trinajstić information content (AvgIpc) is 3.32. The van der Waals surface area contributed by atoms with Gasteiger partial charge in [0.15, 0.2) is 11.3 Å². The number of furan rings is 1. The van der Waals surface area contributed by atoms with Crippen LogP contribution in [-0.2, 0) is 5.41 Å². The van der Waals surface area contributed by atoms with Crippen molar-refractivity contribution in [3.63, 3.8) is 0 Å². The summed E-state index contributed by atoms with van der Waals surface area (Å²) in [5, 5.41) is 9.56. The number of hydrogen-bond acceptors (Lipinski definition) is 6. The number of hydrogen-bond donors (Lipinski definition) is 1. The number of aromatic carboxylic acids is 1. The highest BCUT2D eigenvalue weighted by Crippen LogP contribution is 2.36. The van der Waals surface area contributed by atoms with E-state index in [4.69, 9.17) is 21.0 Å². The predicted molar refractivity (Wildman–Crippen MR) is 156 cm³/mol. The van der Waals surface area contributed by atoms with Gasteiger partial charge in [-0.2, -0.15) is 0 Å². The Morgan fingerprint density at radius 2 is 1.85 bits per heavy atom. The van der Waals surface area contributed by atoms with Gasteiger partial charge in [0.05, 0.1) is 21.8 Å². The minimum atomic E-state index is -1.00. The number of aromatic nitrogens is 2. The van der Waals surface area contributed by atoms with E-state index in [1.54, 1.807) is 24.0 Å².